The van der Waals surface area contributed by atoms with E-state index in [2.05, 4.69) is 11.4 Å². The first-order valence-corrected chi connectivity index (χ1v) is 11.7. The van der Waals surface area contributed by atoms with Gasteiger partial charge < -0.3 is 10.2 Å². The number of likely N-dealkylation sites (tertiary alicyclic amines) is 1. The molecule has 2 aliphatic heterocycles. The predicted octanol–water partition coefficient (Wildman–Crippen LogP) is 2.66. The fourth-order valence-corrected chi connectivity index (χ4v) is 5.07. The van der Waals surface area contributed by atoms with Crippen LogP contribution in [0.15, 0.2) is 29.2 Å². The molecule has 0 radical (unpaired) electrons. The monoisotopic (exact) mass is 419 g/mol. The molecule has 4 rings (SSSR count). The smallest absolute Gasteiger partial charge is 0.294 e. The van der Waals surface area contributed by atoms with Gasteiger partial charge in [0.2, 0.25) is 5.91 Å². The van der Waals surface area contributed by atoms with Gasteiger partial charge in [0.05, 0.1) is 17.0 Å². The Morgan fingerprint density at radius 3 is 2.48 bits per heavy atom. The Labute approximate surface area is 172 Å². The molecule has 3 fully saturated rings. The van der Waals surface area contributed by atoms with Crippen LogP contribution in [0.25, 0.3) is 0 Å². The van der Waals surface area contributed by atoms with E-state index in [1.807, 2.05) is 6.92 Å². The molecule has 0 aromatic heterocycles. The zero-order valence-electron chi connectivity index (χ0n) is 16.8. The quantitative estimate of drug-likeness (QED) is 0.713. The van der Waals surface area contributed by atoms with Crippen molar-refractivity contribution in [1.29, 1.82) is 5.26 Å². The molecule has 1 aliphatic carbocycles. The van der Waals surface area contributed by atoms with Crippen LogP contribution >= 0.6 is 0 Å². The molecule has 0 unspecified atom stereocenters. The minimum Gasteiger partial charge on any atom is -0.325 e. The van der Waals surface area contributed by atoms with E-state index in [0.717, 1.165) is 31.4 Å². The normalized spacial score (nSPS) is 28.8. The summed E-state index contributed by atoms with van der Waals surface area (Å²) in [6.07, 6.45) is 7.90. The zero-order chi connectivity index (χ0) is 21.0. The predicted molar refractivity (Wildman–Crippen MR) is 109 cm³/mol. The highest BCUT2D eigenvalue weighted by Crippen LogP contribution is 2.34. The first kappa shape index (κ1) is 21.8. The van der Waals surface area contributed by atoms with Crippen molar-refractivity contribution in [2.45, 2.75) is 74.9 Å². The highest BCUT2D eigenvalue weighted by molar-refractivity contribution is 7.85. The zero-order valence-corrected chi connectivity index (χ0v) is 17.6. The van der Waals surface area contributed by atoms with E-state index in [9.17, 15) is 13.2 Å². The van der Waals surface area contributed by atoms with Gasteiger partial charge in [-0.3, -0.25) is 9.35 Å². The maximum absolute atomic E-state index is 12.5. The van der Waals surface area contributed by atoms with Crippen molar-refractivity contribution in [3.05, 3.63) is 29.8 Å². The summed E-state index contributed by atoms with van der Waals surface area (Å²) in [6.45, 7) is 2.61. The van der Waals surface area contributed by atoms with Crippen LogP contribution < -0.4 is 5.32 Å². The first-order valence-electron chi connectivity index (χ1n) is 10.3. The molecule has 8 heteroatoms. The van der Waals surface area contributed by atoms with Crippen LogP contribution in [-0.4, -0.2) is 48.4 Å². The number of aryl methyl sites for hydroxylation is 1. The summed E-state index contributed by atoms with van der Waals surface area (Å²) >= 11 is 0. The lowest BCUT2D eigenvalue weighted by Crippen LogP contribution is -2.47. The SMILES string of the molecule is Cc1ccc(S(=O)(=O)O)cc1.N#C[C@@H]1CCCN1C(=O)[C@@H]1C[C@@H]2CCCC[C@@H]2N1. The minimum atomic E-state index is -4.02. The molecule has 1 saturated carbocycles. The number of hydrogen-bond donors (Lipinski definition) is 2. The summed E-state index contributed by atoms with van der Waals surface area (Å²) in [5.41, 5.74) is 0.956. The van der Waals surface area contributed by atoms with Gasteiger partial charge in [0, 0.05) is 12.6 Å². The molecule has 0 bridgehead atoms. The molecule has 29 heavy (non-hydrogen) atoms. The van der Waals surface area contributed by atoms with E-state index in [0.29, 0.717) is 12.0 Å². The number of nitrogens with zero attached hydrogens (tertiary/aromatic N) is 2. The van der Waals surface area contributed by atoms with E-state index in [-0.39, 0.29) is 22.9 Å². The molecule has 158 valence electrons. The molecule has 3 aliphatic rings. The number of nitriles is 1. The van der Waals surface area contributed by atoms with E-state index in [1.165, 1.54) is 37.8 Å². The van der Waals surface area contributed by atoms with Crippen molar-refractivity contribution in [3.8, 4) is 6.07 Å². The minimum absolute atomic E-state index is 0.0213. The third-order valence-electron chi connectivity index (χ3n) is 6.16. The number of amides is 1. The van der Waals surface area contributed by atoms with Crippen LogP contribution in [0.5, 0.6) is 0 Å². The summed E-state index contributed by atoms with van der Waals surface area (Å²) < 4.78 is 29.6. The van der Waals surface area contributed by atoms with E-state index in [1.54, 1.807) is 17.0 Å². The molecule has 1 aromatic carbocycles. The van der Waals surface area contributed by atoms with Gasteiger partial charge in [-0.15, -0.1) is 0 Å². The van der Waals surface area contributed by atoms with Crippen molar-refractivity contribution in [2.24, 2.45) is 5.92 Å². The first-order chi connectivity index (χ1) is 13.8. The summed E-state index contributed by atoms with van der Waals surface area (Å²) in [5, 5.41) is 12.6. The third kappa shape index (κ3) is 5.35. The van der Waals surface area contributed by atoms with Gasteiger partial charge in [0.1, 0.15) is 6.04 Å². The maximum atomic E-state index is 12.5. The average Bonchev–Trinajstić information content (AvgIpc) is 3.34. The lowest BCUT2D eigenvalue weighted by molar-refractivity contribution is -0.133. The van der Waals surface area contributed by atoms with Gasteiger partial charge in [-0.25, -0.2) is 0 Å². The fourth-order valence-electron chi connectivity index (χ4n) is 4.59. The molecule has 1 aromatic rings. The van der Waals surface area contributed by atoms with Crippen LogP contribution in [0.1, 0.15) is 50.5 Å². The fraction of sp³-hybridized carbons (Fsp3) is 0.619. The Morgan fingerprint density at radius 2 is 1.86 bits per heavy atom. The number of rotatable bonds is 2. The molecule has 4 atom stereocenters. The lowest BCUT2D eigenvalue weighted by Gasteiger charge is -2.24. The summed E-state index contributed by atoms with van der Waals surface area (Å²) in [4.78, 5) is 14.2. The second-order valence-electron chi connectivity index (χ2n) is 8.21. The highest BCUT2D eigenvalue weighted by atomic mass is 32.2. The summed E-state index contributed by atoms with van der Waals surface area (Å²) in [6, 6.07) is 8.60. The Hall–Kier alpha value is -1.95. The topological polar surface area (TPSA) is 110 Å². The number of hydrogen-bond acceptors (Lipinski definition) is 5. The molecule has 0 spiro atoms. The average molecular weight is 420 g/mol. The van der Waals surface area contributed by atoms with E-state index < -0.39 is 10.1 Å². The third-order valence-corrected chi connectivity index (χ3v) is 7.03. The van der Waals surface area contributed by atoms with Gasteiger partial charge in [-0.1, -0.05) is 30.5 Å². The van der Waals surface area contributed by atoms with Gasteiger partial charge >= 0.3 is 0 Å². The van der Waals surface area contributed by atoms with Crippen LogP contribution in [-0.2, 0) is 14.9 Å². The van der Waals surface area contributed by atoms with Gasteiger partial charge in [0.25, 0.3) is 10.1 Å². The molecule has 2 N–H and O–H groups in total. The Bertz CT molecular complexity index is 849. The van der Waals surface area contributed by atoms with E-state index in [4.69, 9.17) is 9.81 Å². The van der Waals surface area contributed by atoms with Gasteiger partial charge in [-0.05, 0) is 57.1 Å². The number of benzene rings is 1. The number of fused-ring (bicyclic) bond motifs is 1. The lowest BCUT2D eigenvalue weighted by atomic mass is 9.85. The van der Waals surface area contributed by atoms with Crippen molar-refractivity contribution >= 4 is 16.0 Å². The van der Waals surface area contributed by atoms with Crippen LogP contribution in [0.4, 0.5) is 0 Å². The number of carbonyl (C=O) groups is 1. The molecule has 1 amide bonds. The molecule has 2 heterocycles. The largest absolute Gasteiger partial charge is 0.325 e. The Kier molecular flexibility index (Phi) is 6.93. The van der Waals surface area contributed by atoms with Crippen molar-refractivity contribution in [3.63, 3.8) is 0 Å². The van der Waals surface area contributed by atoms with Crippen LogP contribution in [0.2, 0.25) is 0 Å². The second kappa shape index (κ2) is 9.24. The Balaban J connectivity index is 0.000000188. The van der Waals surface area contributed by atoms with Gasteiger partial charge in [-0.2, -0.15) is 13.7 Å². The van der Waals surface area contributed by atoms with Gasteiger partial charge in [0.15, 0.2) is 0 Å². The molecule has 7 nitrogen and oxygen atoms in total. The molecular formula is C21H29N3O4S. The van der Waals surface area contributed by atoms with Crippen molar-refractivity contribution in [2.75, 3.05) is 6.54 Å². The highest BCUT2D eigenvalue weighted by Gasteiger charge is 2.41. The Morgan fingerprint density at radius 1 is 1.17 bits per heavy atom. The number of carbonyl (C=O) groups excluding carboxylic acids is 1. The number of nitrogens with one attached hydrogen (secondary N) is 1. The van der Waals surface area contributed by atoms with E-state index >= 15 is 0 Å². The van der Waals surface area contributed by atoms with Crippen LogP contribution in [0.3, 0.4) is 0 Å². The van der Waals surface area contributed by atoms with Crippen molar-refractivity contribution < 1.29 is 17.8 Å². The molecule has 2 saturated heterocycles. The molecular weight excluding hydrogens is 390 g/mol. The summed E-state index contributed by atoms with van der Waals surface area (Å²) in [5.74, 6) is 0.865. The summed E-state index contributed by atoms with van der Waals surface area (Å²) in [7, 11) is -4.02. The second-order valence-corrected chi connectivity index (χ2v) is 9.63. The van der Waals surface area contributed by atoms with Crippen LogP contribution in [0, 0.1) is 24.2 Å². The van der Waals surface area contributed by atoms with Crippen molar-refractivity contribution in [1.82, 2.24) is 10.2 Å². The standard InChI is InChI=1S/C14H21N3O.C7H8O3S/c15-9-11-5-3-7-17(11)14(18)13-8-10-4-1-2-6-12(10)16-13;1-6-2-4-7(5-3-6)11(8,9)10/h10-13,16H,1-8H2;2-5H,1H3,(H,8,9,10)/t10-,11-,12-,13-;/m0./s1. The maximum Gasteiger partial charge on any atom is 0.294 e.